The summed E-state index contributed by atoms with van der Waals surface area (Å²) in [6, 6.07) is 16.6. The fourth-order valence-corrected chi connectivity index (χ4v) is 3.37. The highest BCUT2D eigenvalue weighted by atomic mass is 35.5. The molecule has 134 valence electrons. The Balaban J connectivity index is 1.57. The van der Waals surface area contributed by atoms with E-state index in [9.17, 15) is 4.79 Å². The third kappa shape index (κ3) is 3.77. The van der Waals surface area contributed by atoms with Gasteiger partial charge in [-0.15, -0.1) is 11.3 Å². The molecule has 7 heteroatoms. The minimum Gasteiger partial charge on any atom is -0.422 e. The van der Waals surface area contributed by atoms with Crippen molar-refractivity contribution in [1.82, 2.24) is 4.98 Å². The van der Waals surface area contributed by atoms with Gasteiger partial charge in [-0.05, 0) is 31.2 Å². The molecule has 4 rings (SSSR count). The van der Waals surface area contributed by atoms with Crippen molar-refractivity contribution in [1.29, 1.82) is 0 Å². The number of fused-ring (bicyclic) bond motifs is 1. The van der Waals surface area contributed by atoms with E-state index in [0.29, 0.717) is 27.0 Å². The van der Waals surface area contributed by atoms with Crippen LogP contribution >= 0.6 is 22.9 Å². The molecule has 0 saturated heterocycles. The van der Waals surface area contributed by atoms with Gasteiger partial charge in [-0.2, -0.15) is 5.10 Å². The lowest BCUT2D eigenvalue weighted by Gasteiger charge is -2.02. The number of aromatic nitrogens is 1. The Labute approximate surface area is 164 Å². The first-order chi connectivity index (χ1) is 13.1. The van der Waals surface area contributed by atoms with Gasteiger partial charge in [-0.3, -0.25) is 5.43 Å². The Bertz CT molecular complexity index is 1200. The number of anilines is 1. The van der Waals surface area contributed by atoms with Gasteiger partial charge in [0.05, 0.1) is 17.0 Å². The van der Waals surface area contributed by atoms with Crippen LogP contribution in [0.1, 0.15) is 12.5 Å². The van der Waals surface area contributed by atoms with E-state index in [2.05, 4.69) is 15.5 Å². The van der Waals surface area contributed by atoms with Crippen LogP contribution in [0, 0.1) is 0 Å². The second kappa shape index (κ2) is 7.34. The Hall–Kier alpha value is -2.96. The maximum absolute atomic E-state index is 12.2. The Morgan fingerprint density at radius 3 is 2.78 bits per heavy atom. The Morgan fingerprint density at radius 1 is 1.19 bits per heavy atom. The fraction of sp³-hybridized carbons (Fsp3) is 0.0500. The van der Waals surface area contributed by atoms with Crippen molar-refractivity contribution in [2.75, 3.05) is 5.43 Å². The van der Waals surface area contributed by atoms with E-state index in [4.69, 9.17) is 16.0 Å². The molecule has 0 aliphatic rings. The molecule has 0 atom stereocenters. The zero-order chi connectivity index (χ0) is 18.8. The van der Waals surface area contributed by atoms with E-state index in [1.807, 2.05) is 47.8 Å². The summed E-state index contributed by atoms with van der Waals surface area (Å²) in [6.45, 7) is 1.75. The van der Waals surface area contributed by atoms with Crippen molar-refractivity contribution in [3.05, 3.63) is 81.0 Å². The molecular formula is C20H14ClN3O2S. The molecule has 5 nitrogen and oxygen atoms in total. The Kier molecular flexibility index (Phi) is 4.75. The van der Waals surface area contributed by atoms with Crippen molar-refractivity contribution in [2.45, 2.75) is 6.92 Å². The zero-order valence-corrected chi connectivity index (χ0v) is 15.8. The van der Waals surface area contributed by atoms with Gasteiger partial charge in [0.15, 0.2) is 0 Å². The van der Waals surface area contributed by atoms with Gasteiger partial charge in [0.2, 0.25) is 5.13 Å². The minimum absolute atomic E-state index is 0.413. The number of benzene rings is 2. The summed E-state index contributed by atoms with van der Waals surface area (Å²) in [5.41, 5.74) is 5.79. The summed E-state index contributed by atoms with van der Waals surface area (Å²) >= 11 is 7.34. The molecule has 0 aliphatic heterocycles. The highest BCUT2D eigenvalue weighted by Crippen LogP contribution is 2.26. The predicted octanol–water partition coefficient (Wildman–Crippen LogP) is 5.41. The predicted molar refractivity (Wildman–Crippen MR) is 111 cm³/mol. The van der Waals surface area contributed by atoms with Gasteiger partial charge in [0.25, 0.3) is 0 Å². The minimum atomic E-state index is -0.419. The molecule has 0 aliphatic carbocycles. The summed E-state index contributed by atoms with van der Waals surface area (Å²) in [7, 11) is 0. The number of rotatable bonds is 4. The molecule has 0 spiro atoms. The molecule has 0 bridgehead atoms. The smallest absolute Gasteiger partial charge is 0.345 e. The summed E-state index contributed by atoms with van der Waals surface area (Å²) in [5.74, 6) is 0. The van der Waals surface area contributed by atoms with Crippen LogP contribution in [0.15, 0.2) is 74.3 Å². The molecule has 2 aromatic carbocycles. The van der Waals surface area contributed by atoms with Crippen LogP contribution in [0.2, 0.25) is 5.02 Å². The largest absolute Gasteiger partial charge is 0.422 e. The van der Waals surface area contributed by atoms with E-state index in [1.165, 1.54) is 11.3 Å². The topological polar surface area (TPSA) is 67.5 Å². The molecule has 27 heavy (non-hydrogen) atoms. The summed E-state index contributed by atoms with van der Waals surface area (Å²) in [6.07, 6.45) is 0. The molecule has 2 heterocycles. The molecule has 0 unspecified atom stereocenters. The van der Waals surface area contributed by atoms with Crippen LogP contribution in [0.25, 0.3) is 22.2 Å². The quantitative estimate of drug-likeness (QED) is 0.285. The summed E-state index contributed by atoms with van der Waals surface area (Å²) in [5, 5.41) is 8.38. The van der Waals surface area contributed by atoms with Crippen molar-refractivity contribution in [3.8, 4) is 11.3 Å². The van der Waals surface area contributed by atoms with Gasteiger partial charge in [0, 0.05) is 21.4 Å². The molecule has 0 radical (unpaired) electrons. The third-order valence-electron chi connectivity index (χ3n) is 3.99. The number of para-hydroxylation sites is 1. The van der Waals surface area contributed by atoms with Gasteiger partial charge in [-0.25, -0.2) is 9.78 Å². The lowest BCUT2D eigenvalue weighted by atomic mass is 10.1. The van der Waals surface area contributed by atoms with E-state index in [0.717, 1.165) is 16.6 Å². The standard InChI is InChI=1S/C20H14ClN3O2S/c1-12(16-10-14-4-2-3-5-18(14)26-19(16)25)23-24-20-22-17(11-27-20)13-6-8-15(21)9-7-13/h2-11H,1H3,(H,22,24)/b23-12-. The number of hydrazone groups is 1. The van der Waals surface area contributed by atoms with E-state index in [1.54, 1.807) is 19.1 Å². The average molecular weight is 396 g/mol. The van der Waals surface area contributed by atoms with Crippen LogP contribution in [0.5, 0.6) is 0 Å². The first-order valence-electron chi connectivity index (χ1n) is 8.15. The number of halogens is 1. The number of hydrogen-bond donors (Lipinski definition) is 1. The molecule has 2 aromatic heterocycles. The van der Waals surface area contributed by atoms with Crippen LogP contribution in [0.4, 0.5) is 5.13 Å². The van der Waals surface area contributed by atoms with Crippen molar-refractivity contribution < 1.29 is 4.42 Å². The average Bonchev–Trinajstić information content (AvgIpc) is 3.15. The van der Waals surface area contributed by atoms with Crippen LogP contribution in [0.3, 0.4) is 0 Å². The first-order valence-corrected chi connectivity index (χ1v) is 9.41. The van der Waals surface area contributed by atoms with Crippen molar-refractivity contribution in [2.24, 2.45) is 5.10 Å². The van der Waals surface area contributed by atoms with E-state index in [-0.39, 0.29) is 0 Å². The molecular weight excluding hydrogens is 382 g/mol. The van der Waals surface area contributed by atoms with Gasteiger partial charge in [-0.1, -0.05) is 41.9 Å². The zero-order valence-electron chi connectivity index (χ0n) is 14.3. The molecule has 4 aromatic rings. The lowest BCUT2D eigenvalue weighted by molar-refractivity contribution is 0.559. The van der Waals surface area contributed by atoms with E-state index < -0.39 is 5.63 Å². The maximum atomic E-state index is 12.2. The van der Waals surface area contributed by atoms with Crippen LogP contribution in [-0.4, -0.2) is 10.7 Å². The molecule has 0 amide bonds. The number of nitrogens with zero attached hydrogens (tertiary/aromatic N) is 2. The summed E-state index contributed by atoms with van der Waals surface area (Å²) < 4.78 is 5.35. The van der Waals surface area contributed by atoms with Crippen molar-refractivity contribution in [3.63, 3.8) is 0 Å². The molecule has 0 fully saturated rings. The third-order valence-corrected chi connectivity index (χ3v) is 4.99. The van der Waals surface area contributed by atoms with Crippen LogP contribution < -0.4 is 11.1 Å². The lowest BCUT2D eigenvalue weighted by Crippen LogP contribution is -2.13. The van der Waals surface area contributed by atoms with Gasteiger partial charge >= 0.3 is 5.63 Å². The highest BCUT2D eigenvalue weighted by molar-refractivity contribution is 7.14. The van der Waals surface area contributed by atoms with Crippen LogP contribution in [-0.2, 0) is 0 Å². The first kappa shape index (κ1) is 17.5. The molecule has 1 N–H and O–H groups in total. The second-order valence-electron chi connectivity index (χ2n) is 5.84. The normalized spacial score (nSPS) is 11.7. The fourth-order valence-electron chi connectivity index (χ4n) is 2.58. The summed E-state index contributed by atoms with van der Waals surface area (Å²) in [4.78, 5) is 16.7. The number of nitrogens with one attached hydrogen (secondary N) is 1. The maximum Gasteiger partial charge on any atom is 0.345 e. The molecule has 0 saturated carbocycles. The monoisotopic (exact) mass is 395 g/mol. The Morgan fingerprint density at radius 2 is 1.96 bits per heavy atom. The number of thiazole rings is 1. The van der Waals surface area contributed by atoms with Gasteiger partial charge < -0.3 is 4.42 Å². The van der Waals surface area contributed by atoms with Crippen molar-refractivity contribution >= 4 is 44.8 Å². The second-order valence-corrected chi connectivity index (χ2v) is 7.13. The van der Waals surface area contributed by atoms with Gasteiger partial charge in [0.1, 0.15) is 5.58 Å². The van der Waals surface area contributed by atoms with E-state index >= 15 is 0 Å². The SMILES string of the molecule is C/C(=N/Nc1nc(-c2ccc(Cl)cc2)cs1)c1cc2ccccc2oc1=O. The number of hydrogen-bond acceptors (Lipinski definition) is 6. The highest BCUT2D eigenvalue weighted by Gasteiger charge is 2.09.